The van der Waals surface area contributed by atoms with Gasteiger partial charge in [0.25, 0.3) is 0 Å². The minimum absolute atomic E-state index is 0.00602. The molecule has 0 aliphatic carbocycles. The highest BCUT2D eigenvalue weighted by molar-refractivity contribution is 7.91. The third-order valence-corrected chi connectivity index (χ3v) is 4.81. The molecule has 1 unspecified atom stereocenters. The van der Waals surface area contributed by atoms with Crippen LogP contribution in [0, 0.1) is 5.41 Å². The summed E-state index contributed by atoms with van der Waals surface area (Å²) < 4.78 is 27.8. The largest absolute Gasteiger partial charge is 0.481 e. The quantitative estimate of drug-likeness (QED) is 0.702. The molecule has 0 radical (unpaired) electrons. The van der Waals surface area contributed by atoms with Gasteiger partial charge in [0.15, 0.2) is 9.84 Å². The standard InChI is InChI=1S/C10H18O5S/c1-2-15-6-3-4-10(9(11)12)5-7-16(13,14)8-10/h2-8H2,1H3,(H,11,12). The maximum absolute atomic E-state index is 11.3. The predicted molar refractivity (Wildman–Crippen MR) is 59.1 cm³/mol. The van der Waals surface area contributed by atoms with Gasteiger partial charge in [-0.1, -0.05) is 0 Å². The molecule has 0 aromatic rings. The molecule has 0 aromatic heterocycles. The van der Waals surface area contributed by atoms with Crippen molar-refractivity contribution in [2.24, 2.45) is 5.41 Å². The Labute approximate surface area is 95.7 Å². The number of rotatable bonds is 6. The topological polar surface area (TPSA) is 80.7 Å². The van der Waals surface area contributed by atoms with E-state index in [9.17, 15) is 13.2 Å². The normalized spacial score (nSPS) is 28.1. The highest BCUT2D eigenvalue weighted by Gasteiger charge is 2.47. The Morgan fingerprint density at radius 3 is 2.62 bits per heavy atom. The molecule has 1 rings (SSSR count). The Balaban J connectivity index is 2.59. The first-order valence-electron chi connectivity index (χ1n) is 5.43. The number of carboxylic acids is 1. The van der Waals surface area contributed by atoms with Crippen LogP contribution in [0.5, 0.6) is 0 Å². The summed E-state index contributed by atoms with van der Waals surface area (Å²) in [6, 6.07) is 0. The Hall–Kier alpha value is -0.620. The smallest absolute Gasteiger partial charge is 0.310 e. The van der Waals surface area contributed by atoms with E-state index in [1.165, 1.54) is 0 Å². The highest BCUT2D eigenvalue weighted by Crippen LogP contribution is 2.37. The molecule has 1 saturated heterocycles. The van der Waals surface area contributed by atoms with Crippen LogP contribution in [0.3, 0.4) is 0 Å². The second-order valence-electron chi connectivity index (χ2n) is 4.23. The van der Waals surface area contributed by atoms with Crippen molar-refractivity contribution < 1.29 is 23.1 Å². The van der Waals surface area contributed by atoms with Gasteiger partial charge < -0.3 is 9.84 Å². The zero-order chi connectivity index (χ0) is 12.2. The number of ether oxygens (including phenoxy) is 1. The van der Waals surface area contributed by atoms with Crippen LogP contribution in [0.4, 0.5) is 0 Å². The van der Waals surface area contributed by atoms with Crippen molar-refractivity contribution >= 4 is 15.8 Å². The maximum Gasteiger partial charge on any atom is 0.310 e. The lowest BCUT2D eigenvalue weighted by Crippen LogP contribution is -2.32. The summed E-state index contributed by atoms with van der Waals surface area (Å²) in [6.07, 6.45) is 1.20. The minimum atomic E-state index is -3.16. The van der Waals surface area contributed by atoms with Crippen LogP contribution in [0.2, 0.25) is 0 Å². The number of hydrogen-bond acceptors (Lipinski definition) is 4. The monoisotopic (exact) mass is 250 g/mol. The fourth-order valence-corrected chi connectivity index (χ4v) is 4.15. The number of carbonyl (C=O) groups is 1. The van der Waals surface area contributed by atoms with Crippen LogP contribution in [0.25, 0.3) is 0 Å². The van der Waals surface area contributed by atoms with Crippen molar-refractivity contribution in [3.8, 4) is 0 Å². The highest BCUT2D eigenvalue weighted by atomic mass is 32.2. The number of aliphatic carboxylic acids is 1. The average molecular weight is 250 g/mol. The van der Waals surface area contributed by atoms with Crippen LogP contribution in [0.15, 0.2) is 0 Å². The van der Waals surface area contributed by atoms with E-state index < -0.39 is 21.2 Å². The molecule has 5 nitrogen and oxygen atoms in total. The zero-order valence-electron chi connectivity index (χ0n) is 9.44. The summed E-state index contributed by atoms with van der Waals surface area (Å²) in [5, 5.41) is 9.15. The van der Waals surface area contributed by atoms with Crippen LogP contribution in [0.1, 0.15) is 26.2 Å². The molecule has 16 heavy (non-hydrogen) atoms. The van der Waals surface area contributed by atoms with E-state index in [1.807, 2.05) is 6.92 Å². The molecule has 0 aromatic carbocycles. The molecule has 6 heteroatoms. The van der Waals surface area contributed by atoms with E-state index in [1.54, 1.807) is 0 Å². The first-order chi connectivity index (χ1) is 7.42. The lowest BCUT2D eigenvalue weighted by Gasteiger charge is -2.21. The number of hydrogen-bond donors (Lipinski definition) is 1. The van der Waals surface area contributed by atoms with Gasteiger partial charge in [-0.05, 0) is 26.2 Å². The molecule has 1 N–H and O–H groups in total. The second kappa shape index (κ2) is 5.14. The molecule has 1 aliphatic rings. The minimum Gasteiger partial charge on any atom is -0.481 e. The lowest BCUT2D eigenvalue weighted by molar-refractivity contribution is -0.148. The van der Waals surface area contributed by atoms with Gasteiger partial charge >= 0.3 is 5.97 Å². The van der Waals surface area contributed by atoms with Crippen molar-refractivity contribution in [2.75, 3.05) is 24.7 Å². The first-order valence-corrected chi connectivity index (χ1v) is 7.25. The second-order valence-corrected chi connectivity index (χ2v) is 6.41. The summed E-state index contributed by atoms with van der Waals surface area (Å²) in [5.74, 6) is -1.22. The maximum atomic E-state index is 11.3. The van der Waals surface area contributed by atoms with E-state index >= 15 is 0 Å². The summed E-state index contributed by atoms with van der Waals surface area (Å²) in [4.78, 5) is 11.2. The van der Waals surface area contributed by atoms with Gasteiger partial charge in [-0.15, -0.1) is 0 Å². The molecular formula is C10H18O5S. The van der Waals surface area contributed by atoms with E-state index in [4.69, 9.17) is 9.84 Å². The molecule has 1 atom stereocenters. The number of sulfone groups is 1. The summed E-state index contributed by atoms with van der Waals surface area (Å²) in [6.45, 7) is 2.96. The summed E-state index contributed by atoms with van der Waals surface area (Å²) in [5.41, 5.74) is -1.07. The molecule has 0 spiro atoms. The average Bonchev–Trinajstić information content (AvgIpc) is 2.51. The van der Waals surface area contributed by atoms with Gasteiger partial charge in [0.05, 0.1) is 16.9 Å². The molecule has 1 aliphatic heterocycles. The van der Waals surface area contributed by atoms with E-state index in [0.717, 1.165) is 0 Å². The third-order valence-electron chi connectivity index (χ3n) is 2.99. The molecular weight excluding hydrogens is 232 g/mol. The van der Waals surface area contributed by atoms with Gasteiger partial charge in [0.2, 0.25) is 0 Å². The van der Waals surface area contributed by atoms with Gasteiger partial charge in [-0.2, -0.15) is 0 Å². The SMILES string of the molecule is CCOCCCC1(C(=O)O)CCS(=O)(=O)C1. The molecule has 94 valence electrons. The molecule has 0 amide bonds. The van der Waals surface area contributed by atoms with Crippen LogP contribution < -0.4 is 0 Å². The lowest BCUT2D eigenvalue weighted by atomic mass is 9.83. The van der Waals surface area contributed by atoms with Gasteiger partial charge in [-0.25, -0.2) is 8.42 Å². The van der Waals surface area contributed by atoms with Gasteiger partial charge in [-0.3, -0.25) is 4.79 Å². The van der Waals surface area contributed by atoms with Crippen molar-refractivity contribution in [1.82, 2.24) is 0 Å². The van der Waals surface area contributed by atoms with E-state index in [2.05, 4.69) is 0 Å². The number of carboxylic acid groups (broad SMARTS) is 1. The fraction of sp³-hybridized carbons (Fsp3) is 0.900. The van der Waals surface area contributed by atoms with Crippen LogP contribution >= 0.6 is 0 Å². The first kappa shape index (κ1) is 13.4. The summed E-state index contributed by atoms with van der Waals surface area (Å²) >= 11 is 0. The Morgan fingerprint density at radius 1 is 1.50 bits per heavy atom. The molecule has 1 fully saturated rings. The van der Waals surface area contributed by atoms with Gasteiger partial charge in [0.1, 0.15) is 0 Å². The molecule has 0 saturated carbocycles. The van der Waals surface area contributed by atoms with Crippen molar-refractivity contribution in [2.45, 2.75) is 26.2 Å². The van der Waals surface area contributed by atoms with Gasteiger partial charge in [0, 0.05) is 13.2 Å². The summed E-state index contributed by atoms with van der Waals surface area (Å²) in [7, 11) is -3.16. The molecule has 1 heterocycles. The zero-order valence-corrected chi connectivity index (χ0v) is 10.3. The van der Waals surface area contributed by atoms with E-state index in [0.29, 0.717) is 26.1 Å². The van der Waals surface area contributed by atoms with Crippen molar-refractivity contribution in [3.05, 3.63) is 0 Å². The Bertz CT molecular complexity index is 348. The Morgan fingerprint density at radius 2 is 2.19 bits per heavy atom. The fourth-order valence-electron chi connectivity index (χ4n) is 2.05. The van der Waals surface area contributed by atoms with Crippen molar-refractivity contribution in [1.29, 1.82) is 0 Å². The van der Waals surface area contributed by atoms with E-state index in [-0.39, 0.29) is 17.9 Å². The predicted octanol–water partition coefficient (Wildman–Crippen LogP) is 0.693. The van der Waals surface area contributed by atoms with Crippen molar-refractivity contribution in [3.63, 3.8) is 0 Å². The molecule has 0 bridgehead atoms. The third kappa shape index (κ3) is 3.18. The van der Waals surface area contributed by atoms with Crippen LogP contribution in [-0.4, -0.2) is 44.2 Å². The van der Waals surface area contributed by atoms with Crippen LogP contribution in [-0.2, 0) is 19.4 Å². The Kier molecular flexibility index (Phi) is 4.32.